The molecule has 1 atom stereocenters. The summed E-state index contributed by atoms with van der Waals surface area (Å²) in [6.07, 6.45) is 4.50. The Morgan fingerprint density at radius 1 is 1.17 bits per heavy atom. The molecule has 0 bridgehead atoms. The highest BCUT2D eigenvalue weighted by atomic mass is 35.5. The van der Waals surface area contributed by atoms with Gasteiger partial charge in [-0.05, 0) is 42.8 Å². The summed E-state index contributed by atoms with van der Waals surface area (Å²) >= 11 is 5.79. The molecule has 2 aromatic rings. The molecule has 5 heteroatoms. The summed E-state index contributed by atoms with van der Waals surface area (Å²) in [5, 5.41) is 4.47. The van der Waals surface area contributed by atoms with Gasteiger partial charge in [-0.15, -0.1) is 0 Å². The van der Waals surface area contributed by atoms with E-state index in [0.29, 0.717) is 10.8 Å². The SMILES string of the molecule is C[C@@H](Oc1ccc(Cl)cc1)C(=O)N/N=C/C=C/c1ccccc1. The minimum absolute atomic E-state index is 0.329. The Balaban J connectivity index is 1.78. The molecule has 0 aliphatic rings. The van der Waals surface area contributed by atoms with Crippen molar-refractivity contribution in [3.8, 4) is 5.75 Å². The van der Waals surface area contributed by atoms with Gasteiger partial charge in [0, 0.05) is 11.2 Å². The Kier molecular flexibility index (Phi) is 6.39. The summed E-state index contributed by atoms with van der Waals surface area (Å²) in [6.45, 7) is 1.65. The fraction of sp³-hybridized carbons (Fsp3) is 0.111. The third kappa shape index (κ3) is 5.96. The summed E-state index contributed by atoms with van der Waals surface area (Å²) in [4.78, 5) is 11.8. The molecule has 0 saturated heterocycles. The minimum Gasteiger partial charge on any atom is -0.481 e. The smallest absolute Gasteiger partial charge is 0.280 e. The summed E-state index contributed by atoms with van der Waals surface area (Å²) in [5.74, 6) is 0.245. The predicted molar refractivity (Wildman–Crippen MR) is 93.7 cm³/mol. The highest BCUT2D eigenvalue weighted by Crippen LogP contribution is 2.16. The van der Waals surface area contributed by atoms with Crippen LogP contribution in [0.25, 0.3) is 6.08 Å². The maximum atomic E-state index is 11.8. The Morgan fingerprint density at radius 3 is 2.57 bits per heavy atom. The van der Waals surface area contributed by atoms with Gasteiger partial charge in [0.25, 0.3) is 5.91 Å². The number of hydrazone groups is 1. The van der Waals surface area contributed by atoms with E-state index in [1.54, 1.807) is 37.3 Å². The van der Waals surface area contributed by atoms with Gasteiger partial charge in [-0.3, -0.25) is 4.79 Å². The third-order valence-electron chi connectivity index (χ3n) is 2.92. The molecule has 0 unspecified atom stereocenters. The number of carbonyl (C=O) groups excluding carboxylic acids is 1. The molecule has 0 aliphatic heterocycles. The van der Waals surface area contributed by atoms with Crippen LogP contribution in [0.4, 0.5) is 0 Å². The lowest BCUT2D eigenvalue weighted by molar-refractivity contribution is -0.127. The van der Waals surface area contributed by atoms with Crippen molar-refractivity contribution in [2.24, 2.45) is 5.10 Å². The number of halogens is 1. The molecule has 4 nitrogen and oxygen atoms in total. The van der Waals surface area contributed by atoms with Crippen molar-refractivity contribution in [1.29, 1.82) is 0 Å². The predicted octanol–water partition coefficient (Wildman–Crippen LogP) is 3.92. The summed E-state index contributed by atoms with van der Waals surface area (Å²) in [6, 6.07) is 16.6. The van der Waals surface area contributed by atoms with Gasteiger partial charge in [-0.2, -0.15) is 5.10 Å². The number of hydrogen-bond acceptors (Lipinski definition) is 3. The first-order valence-electron chi connectivity index (χ1n) is 7.12. The Labute approximate surface area is 140 Å². The fourth-order valence-corrected chi connectivity index (χ4v) is 1.85. The number of ether oxygens (including phenoxy) is 1. The fourth-order valence-electron chi connectivity index (χ4n) is 1.72. The van der Waals surface area contributed by atoms with Crippen LogP contribution in [0.1, 0.15) is 12.5 Å². The number of benzene rings is 2. The van der Waals surface area contributed by atoms with Crippen LogP contribution in [0.5, 0.6) is 5.75 Å². The van der Waals surface area contributed by atoms with E-state index in [-0.39, 0.29) is 5.91 Å². The van der Waals surface area contributed by atoms with E-state index < -0.39 is 6.10 Å². The third-order valence-corrected chi connectivity index (χ3v) is 3.17. The first-order chi connectivity index (χ1) is 11.1. The Morgan fingerprint density at radius 2 is 1.87 bits per heavy atom. The molecule has 0 saturated carbocycles. The van der Waals surface area contributed by atoms with Gasteiger partial charge in [-0.25, -0.2) is 5.43 Å². The number of nitrogens with one attached hydrogen (secondary N) is 1. The lowest BCUT2D eigenvalue weighted by Gasteiger charge is -2.12. The van der Waals surface area contributed by atoms with E-state index >= 15 is 0 Å². The van der Waals surface area contributed by atoms with Gasteiger partial charge >= 0.3 is 0 Å². The lowest BCUT2D eigenvalue weighted by atomic mass is 10.2. The molecular weight excluding hydrogens is 312 g/mol. The van der Waals surface area contributed by atoms with Crippen LogP contribution in [-0.2, 0) is 4.79 Å². The molecule has 2 aromatic carbocycles. The summed E-state index contributed by atoms with van der Waals surface area (Å²) < 4.78 is 5.49. The molecule has 0 spiro atoms. The average Bonchev–Trinajstić information content (AvgIpc) is 2.57. The highest BCUT2D eigenvalue weighted by Gasteiger charge is 2.13. The molecule has 118 valence electrons. The minimum atomic E-state index is -0.661. The van der Waals surface area contributed by atoms with Crippen molar-refractivity contribution in [3.63, 3.8) is 0 Å². The molecule has 0 fully saturated rings. The van der Waals surface area contributed by atoms with Crippen molar-refractivity contribution < 1.29 is 9.53 Å². The van der Waals surface area contributed by atoms with E-state index in [2.05, 4.69) is 10.5 Å². The van der Waals surface area contributed by atoms with Crippen LogP contribution < -0.4 is 10.2 Å². The van der Waals surface area contributed by atoms with Gasteiger partial charge in [0.2, 0.25) is 0 Å². The molecular formula is C18H17ClN2O2. The molecule has 0 heterocycles. The normalized spacial score (nSPS) is 12.4. The maximum Gasteiger partial charge on any atom is 0.280 e. The zero-order valence-corrected chi connectivity index (χ0v) is 13.4. The zero-order chi connectivity index (χ0) is 16.5. The topological polar surface area (TPSA) is 50.7 Å². The number of carbonyl (C=O) groups is 1. The van der Waals surface area contributed by atoms with Gasteiger partial charge in [0.1, 0.15) is 5.75 Å². The monoisotopic (exact) mass is 328 g/mol. The first kappa shape index (κ1) is 16.8. The quantitative estimate of drug-likeness (QED) is 0.645. The van der Waals surface area contributed by atoms with Gasteiger partial charge < -0.3 is 4.74 Å². The van der Waals surface area contributed by atoms with E-state index in [1.807, 2.05) is 36.4 Å². The molecule has 0 aromatic heterocycles. The van der Waals surface area contributed by atoms with Crippen LogP contribution in [-0.4, -0.2) is 18.2 Å². The summed E-state index contributed by atoms with van der Waals surface area (Å²) in [7, 11) is 0. The standard InChI is InChI=1S/C18H17ClN2O2/c1-14(23-17-11-9-16(19)10-12-17)18(22)21-20-13-5-8-15-6-3-2-4-7-15/h2-14H,1H3,(H,21,22)/b8-5+,20-13+/t14-/m1/s1. The number of rotatable bonds is 6. The molecule has 0 radical (unpaired) electrons. The Bertz CT molecular complexity index is 682. The van der Waals surface area contributed by atoms with Crippen molar-refractivity contribution in [2.45, 2.75) is 13.0 Å². The molecule has 23 heavy (non-hydrogen) atoms. The van der Waals surface area contributed by atoms with Crippen LogP contribution in [0.2, 0.25) is 5.02 Å². The van der Waals surface area contributed by atoms with Crippen LogP contribution in [0, 0.1) is 0 Å². The highest BCUT2D eigenvalue weighted by molar-refractivity contribution is 6.30. The lowest BCUT2D eigenvalue weighted by Crippen LogP contribution is -2.33. The van der Waals surface area contributed by atoms with Gasteiger partial charge in [-0.1, -0.05) is 48.0 Å². The number of amides is 1. The maximum absolute atomic E-state index is 11.8. The second-order valence-corrected chi connectivity index (χ2v) is 5.17. The van der Waals surface area contributed by atoms with E-state index in [1.165, 1.54) is 6.21 Å². The molecule has 0 aliphatic carbocycles. The van der Waals surface area contributed by atoms with Crippen molar-refractivity contribution in [3.05, 3.63) is 71.3 Å². The molecule has 1 amide bonds. The first-order valence-corrected chi connectivity index (χ1v) is 7.50. The largest absolute Gasteiger partial charge is 0.481 e. The second-order valence-electron chi connectivity index (χ2n) is 4.74. The van der Waals surface area contributed by atoms with E-state index in [9.17, 15) is 4.79 Å². The average molecular weight is 329 g/mol. The van der Waals surface area contributed by atoms with Crippen LogP contribution >= 0.6 is 11.6 Å². The molecule has 1 N–H and O–H groups in total. The second kappa shape index (κ2) is 8.76. The molecule has 2 rings (SSSR count). The zero-order valence-electron chi connectivity index (χ0n) is 12.6. The van der Waals surface area contributed by atoms with Crippen LogP contribution in [0.15, 0.2) is 65.8 Å². The van der Waals surface area contributed by atoms with Crippen molar-refractivity contribution in [2.75, 3.05) is 0 Å². The van der Waals surface area contributed by atoms with Gasteiger partial charge in [0.15, 0.2) is 6.10 Å². The van der Waals surface area contributed by atoms with Gasteiger partial charge in [0.05, 0.1) is 0 Å². The number of nitrogens with zero attached hydrogens (tertiary/aromatic N) is 1. The van der Waals surface area contributed by atoms with Crippen molar-refractivity contribution >= 4 is 29.8 Å². The number of allylic oxidation sites excluding steroid dienone is 1. The van der Waals surface area contributed by atoms with Crippen LogP contribution in [0.3, 0.4) is 0 Å². The summed E-state index contributed by atoms with van der Waals surface area (Å²) in [5.41, 5.74) is 3.49. The number of hydrogen-bond donors (Lipinski definition) is 1. The van der Waals surface area contributed by atoms with E-state index in [0.717, 1.165) is 5.56 Å². The Hall–Kier alpha value is -2.59. The van der Waals surface area contributed by atoms with Crippen molar-refractivity contribution in [1.82, 2.24) is 5.43 Å². The van der Waals surface area contributed by atoms with E-state index in [4.69, 9.17) is 16.3 Å².